The lowest BCUT2D eigenvalue weighted by Gasteiger charge is -2.21. The maximum atomic E-state index is 12.4. The predicted octanol–water partition coefficient (Wildman–Crippen LogP) is 3.69. The van der Waals surface area contributed by atoms with Gasteiger partial charge in [0.2, 0.25) is 5.89 Å². The molecular weight excluding hydrogens is 338 g/mol. The van der Waals surface area contributed by atoms with E-state index >= 15 is 0 Å². The van der Waals surface area contributed by atoms with Crippen LogP contribution in [0.5, 0.6) is 0 Å². The summed E-state index contributed by atoms with van der Waals surface area (Å²) in [6.45, 7) is 1.71. The van der Waals surface area contributed by atoms with Crippen LogP contribution in [0.4, 0.5) is 5.69 Å². The zero-order chi connectivity index (χ0) is 18.3. The molecule has 0 spiro atoms. The van der Waals surface area contributed by atoms with Gasteiger partial charge in [0, 0.05) is 17.7 Å². The molecule has 2 fully saturated rings. The second-order valence-electron chi connectivity index (χ2n) is 7.11. The van der Waals surface area contributed by atoms with Crippen LogP contribution in [0.3, 0.4) is 0 Å². The highest BCUT2D eigenvalue weighted by Gasteiger charge is 2.44. The van der Waals surface area contributed by atoms with Crippen molar-refractivity contribution in [3.63, 3.8) is 0 Å². The van der Waals surface area contributed by atoms with E-state index in [0.29, 0.717) is 17.4 Å². The molecule has 0 radical (unpaired) electrons. The van der Waals surface area contributed by atoms with Gasteiger partial charge in [0.25, 0.3) is 11.6 Å². The topological polar surface area (TPSA) is 108 Å². The van der Waals surface area contributed by atoms with Crippen molar-refractivity contribution in [3.05, 3.63) is 40.3 Å². The van der Waals surface area contributed by atoms with Gasteiger partial charge in [-0.3, -0.25) is 14.9 Å². The summed E-state index contributed by atoms with van der Waals surface area (Å²) in [5.74, 6) is 1.39. The van der Waals surface area contributed by atoms with Crippen LogP contribution in [-0.2, 0) is 9.53 Å². The summed E-state index contributed by atoms with van der Waals surface area (Å²) in [6.07, 6.45) is 3.78. The third-order valence-corrected chi connectivity index (χ3v) is 5.45. The number of rotatable bonds is 5. The van der Waals surface area contributed by atoms with E-state index in [2.05, 4.69) is 10.2 Å². The summed E-state index contributed by atoms with van der Waals surface area (Å²) < 4.78 is 11.1. The van der Waals surface area contributed by atoms with Crippen molar-refractivity contribution in [2.45, 2.75) is 38.7 Å². The van der Waals surface area contributed by atoms with E-state index in [4.69, 9.17) is 9.15 Å². The molecule has 2 aliphatic carbocycles. The largest absolute Gasteiger partial charge is 0.452 e. The Labute approximate surface area is 149 Å². The average Bonchev–Trinajstić information content (AvgIpc) is 3.38. The molecule has 136 valence electrons. The summed E-state index contributed by atoms with van der Waals surface area (Å²) in [5.41, 5.74) is 0.558. The number of nitrogens with zero attached hydrogens (tertiary/aromatic N) is 3. The van der Waals surface area contributed by atoms with Crippen LogP contribution < -0.4 is 0 Å². The van der Waals surface area contributed by atoms with Crippen molar-refractivity contribution in [1.29, 1.82) is 0 Å². The molecule has 0 amide bonds. The Morgan fingerprint density at radius 3 is 2.65 bits per heavy atom. The number of ether oxygens (including phenoxy) is 1. The number of hydrogen-bond acceptors (Lipinski definition) is 7. The second kappa shape index (κ2) is 6.51. The summed E-state index contributed by atoms with van der Waals surface area (Å²) in [5, 5.41) is 18.6. The Bertz CT molecular complexity index is 832. The van der Waals surface area contributed by atoms with E-state index in [1.165, 1.54) is 18.6 Å². The highest BCUT2D eigenvalue weighted by Crippen LogP contribution is 2.49. The van der Waals surface area contributed by atoms with Gasteiger partial charge >= 0.3 is 5.97 Å². The second-order valence-corrected chi connectivity index (χ2v) is 7.11. The molecule has 4 atom stereocenters. The van der Waals surface area contributed by atoms with Crippen LogP contribution in [0.25, 0.3) is 11.5 Å². The Morgan fingerprint density at radius 2 is 2.04 bits per heavy atom. The molecule has 0 unspecified atom stereocenters. The van der Waals surface area contributed by atoms with Gasteiger partial charge in [-0.2, -0.15) is 0 Å². The lowest BCUT2D eigenvalue weighted by atomic mass is 9.89. The van der Waals surface area contributed by atoms with Crippen molar-refractivity contribution in [2.24, 2.45) is 17.8 Å². The number of nitro benzene ring substituents is 1. The minimum Gasteiger partial charge on any atom is -0.452 e. The summed E-state index contributed by atoms with van der Waals surface area (Å²) in [7, 11) is 0. The molecule has 0 aliphatic heterocycles. The third kappa shape index (κ3) is 3.07. The molecule has 2 bridgehead atoms. The summed E-state index contributed by atoms with van der Waals surface area (Å²) in [4.78, 5) is 22.7. The molecule has 8 heteroatoms. The highest BCUT2D eigenvalue weighted by molar-refractivity contribution is 5.73. The summed E-state index contributed by atoms with van der Waals surface area (Å²) >= 11 is 0. The van der Waals surface area contributed by atoms with Crippen LogP contribution in [-0.4, -0.2) is 21.1 Å². The van der Waals surface area contributed by atoms with Gasteiger partial charge in [-0.25, -0.2) is 0 Å². The molecule has 2 aliphatic rings. The van der Waals surface area contributed by atoms with Crippen LogP contribution in [0.15, 0.2) is 28.7 Å². The first-order chi connectivity index (χ1) is 12.5. The van der Waals surface area contributed by atoms with Crippen molar-refractivity contribution in [2.75, 3.05) is 0 Å². The first-order valence-electron chi connectivity index (χ1n) is 8.80. The fraction of sp³-hybridized carbons (Fsp3) is 0.500. The molecule has 0 N–H and O–H groups in total. The first kappa shape index (κ1) is 16.7. The summed E-state index contributed by atoms with van der Waals surface area (Å²) in [6, 6.07) is 5.83. The van der Waals surface area contributed by atoms with Crippen molar-refractivity contribution >= 4 is 11.7 Å². The van der Waals surface area contributed by atoms with Gasteiger partial charge in [0.1, 0.15) is 0 Å². The molecule has 2 aromatic rings. The molecule has 4 rings (SSSR count). The average molecular weight is 357 g/mol. The molecule has 1 aromatic heterocycles. The smallest absolute Gasteiger partial charge is 0.309 e. The number of carbonyl (C=O) groups excluding carboxylic acids is 1. The number of hydrogen-bond donors (Lipinski definition) is 0. The normalized spacial score (nSPS) is 25.2. The molecular formula is C18H19N3O5. The number of non-ortho nitro benzene ring substituents is 1. The van der Waals surface area contributed by atoms with E-state index in [0.717, 1.165) is 19.3 Å². The third-order valence-electron chi connectivity index (χ3n) is 5.45. The van der Waals surface area contributed by atoms with Crippen molar-refractivity contribution in [3.8, 4) is 11.5 Å². The van der Waals surface area contributed by atoms with Crippen LogP contribution in [0, 0.1) is 27.9 Å². The van der Waals surface area contributed by atoms with E-state index in [-0.39, 0.29) is 29.4 Å². The first-order valence-corrected chi connectivity index (χ1v) is 8.80. The molecule has 1 aromatic carbocycles. The van der Waals surface area contributed by atoms with Gasteiger partial charge in [0.15, 0.2) is 6.10 Å². The quantitative estimate of drug-likeness (QED) is 0.456. The van der Waals surface area contributed by atoms with Crippen molar-refractivity contribution < 1.29 is 18.9 Å². The van der Waals surface area contributed by atoms with Gasteiger partial charge < -0.3 is 9.15 Å². The van der Waals surface area contributed by atoms with E-state index < -0.39 is 11.0 Å². The molecule has 2 saturated carbocycles. The number of nitro groups is 1. The fourth-order valence-corrected chi connectivity index (χ4v) is 4.09. The Kier molecular flexibility index (Phi) is 4.18. The fourth-order valence-electron chi connectivity index (χ4n) is 4.09. The van der Waals surface area contributed by atoms with Gasteiger partial charge in [-0.15, -0.1) is 10.2 Å². The molecule has 26 heavy (non-hydrogen) atoms. The number of carbonyl (C=O) groups is 1. The van der Waals surface area contributed by atoms with Crippen LogP contribution in [0.1, 0.15) is 44.6 Å². The Hall–Kier alpha value is -2.77. The van der Waals surface area contributed by atoms with E-state index in [1.54, 1.807) is 19.1 Å². The van der Waals surface area contributed by atoms with Crippen molar-refractivity contribution in [1.82, 2.24) is 10.2 Å². The predicted molar refractivity (Wildman–Crippen MR) is 89.8 cm³/mol. The van der Waals surface area contributed by atoms with Gasteiger partial charge in [-0.1, -0.05) is 6.42 Å². The van der Waals surface area contributed by atoms with Gasteiger partial charge in [-0.05, 0) is 50.2 Å². The monoisotopic (exact) mass is 357 g/mol. The molecule has 0 saturated heterocycles. The minimum atomic E-state index is -0.624. The number of esters is 1. The molecule has 8 nitrogen and oxygen atoms in total. The maximum Gasteiger partial charge on any atom is 0.309 e. The Balaban J connectivity index is 1.42. The highest BCUT2D eigenvalue weighted by atomic mass is 16.6. The molecule has 1 heterocycles. The SMILES string of the molecule is C[C@@H](OC(=O)[C@H]1C[C@H]2CC[C@H]1C2)c1nnc(-c2ccc([N+](=O)[O-])cc2)o1. The van der Waals surface area contributed by atoms with E-state index in [9.17, 15) is 14.9 Å². The number of benzene rings is 1. The lowest BCUT2D eigenvalue weighted by Crippen LogP contribution is -2.24. The van der Waals surface area contributed by atoms with E-state index in [1.807, 2.05) is 0 Å². The van der Waals surface area contributed by atoms with Gasteiger partial charge in [0.05, 0.1) is 10.8 Å². The zero-order valence-electron chi connectivity index (χ0n) is 14.3. The lowest BCUT2D eigenvalue weighted by molar-refractivity contribution is -0.384. The van der Waals surface area contributed by atoms with Crippen LogP contribution in [0.2, 0.25) is 0 Å². The Morgan fingerprint density at radius 1 is 1.27 bits per heavy atom. The minimum absolute atomic E-state index is 0.00624. The zero-order valence-corrected chi connectivity index (χ0v) is 14.3. The number of aromatic nitrogens is 2. The number of fused-ring (bicyclic) bond motifs is 2. The standard InChI is InChI=1S/C18H19N3O5/c1-10(25-18(22)15-9-11-2-3-13(15)8-11)16-19-20-17(26-16)12-4-6-14(7-5-12)21(23)24/h4-7,10-11,13,15H,2-3,8-9H2,1H3/t10-,11+,13+,15+/m1/s1. The maximum absolute atomic E-state index is 12.4. The van der Waals surface area contributed by atoms with Crippen LogP contribution >= 0.6 is 0 Å².